The molecule has 0 radical (unpaired) electrons. The third kappa shape index (κ3) is 4.01. The molecule has 0 saturated carbocycles. The van der Waals surface area contributed by atoms with Gasteiger partial charge >= 0.3 is 0 Å². The molecule has 0 fully saturated rings. The van der Waals surface area contributed by atoms with E-state index in [1.54, 1.807) is 13.2 Å². The Morgan fingerprint density at radius 1 is 1.24 bits per heavy atom. The minimum atomic E-state index is 0.588. The van der Waals surface area contributed by atoms with Crippen molar-refractivity contribution in [1.82, 2.24) is 25.8 Å². The lowest BCUT2D eigenvalue weighted by atomic mass is 10.2. The van der Waals surface area contributed by atoms with E-state index in [1.807, 2.05) is 26.8 Å². The van der Waals surface area contributed by atoms with Crippen molar-refractivity contribution in [2.45, 2.75) is 33.9 Å². The van der Waals surface area contributed by atoms with Crippen LogP contribution in [0.4, 0.5) is 0 Å². The van der Waals surface area contributed by atoms with Crippen molar-refractivity contribution in [1.29, 1.82) is 0 Å². The van der Waals surface area contributed by atoms with Gasteiger partial charge in [-0.1, -0.05) is 5.16 Å². The maximum absolute atomic E-state index is 5.14. The summed E-state index contributed by atoms with van der Waals surface area (Å²) < 4.78 is 5.14. The molecule has 2 rings (SSSR count). The number of aromatic nitrogens is 3. The van der Waals surface area contributed by atoms with Crippen molar-refractivity contribution in [3.05, 3.63) is 40.8 Å². The Bertz CT molecular complexity index is 615. The first kappa shape index (κ1) is 15.0. The van der Waals surface area contributed by atoms with Crippen molar-refractivity contribution in [2.24, 2.45) is 4.99 Å². The molecule has 0 unspecified atom stereocenters. The lowest BCUT2D eigenvalue weighted by Gasteiger charge is -2.11. The second-order valence-corrected chi connectivity index (χ2v) is 4.68. The lowest BCUT2D eigenvalue weighted by Crippen LogP contribution is -2.36. The van der Waals surface area contributed by atoms with Gasteiger partial charge in [0.25, 0.3) is 0 Å². The van der Waals surface area contributed by atoms with Crippen LogP contribution in [0.25, 0.3) is 0 Å². The summed E-state index contributed by atoms with van der Waals surface area (Å²) in [6, 6.07) is 1.88. The Morgan fingerprint density at radius 2 is 2.00 bits per heavy atom. The Labute approximate surface area is 123 Å². The zero-order valence-corrected chi connectivity index (χ0v) is 12.8. The molecular weight excluding hydrogens is 268 g/mol. The van der Waals surface area contributed by atoms with Gasteiger partial charge in [-0.2, -0.15) is 0 Å². The molecule has 0 aliphatic heterocycles. The summed E-state index contributed by atoms with van der Waals surface area (Å²) in [5.74, 6) is 2.28. The van der Waals surface area contributed by atoms with Crippen LogP contribution in [0, 0.1) is 20.8 Å². The van der Waals surface area contributed by atoms with E-state index in [9.17, 15) is 0 Å². The Balaban J connectivity index is 1.89. The molecule has 2 aromatic rings. The predicted octanol–water partition coefficient (Wildman–Crippen LogP) is 1.26. The van der Waals surface area contributed by atoms with Crippen LogP contribution in [0.3, 0.4) is 0 Å². The van der Waals surface area contributed by atoms with Crippen LogP contribution < -0.4 is 10.6 Å². The predicted molar refractivity (Wildman–Crippen MR) is 79.8 cm³/mol. The van der Waals surface area contributed by atoms with Gasteiger partial charge in [0.15, 0.2) is 5.96 Å². The van der Waals surface area contributed by atoms with Crippen LogP contribution in [-0.2, 0) is 13.1 Å². The van der Waals surface area contributed by atoms with Gasteiger partial charge in [0.2, 0.25) is 0 Å². The zero-order chi connectivity index (χ0) is 15.2. The van der Waals surface area contributed by atoms with Crippen LogP contribution in [0.15, 0.2) is 21.8 Å². The quantitative estimate of drug-likeness (QED) is 0.650. The summed E-state index contributed by atoms with van der Waals surface area (Å²) in [6.45, 7) is 6.90. The van der Waals surface area contributed by atoms with Crippen molar-refractivity contribution >= 4 is 5.96 Å². The molecule has 0 bridgehead atoms. The average molecular weight is 288 g/mol. The van der Waals surface area contributed by atoms with Gasteiger partial charge in [0.1, 0.15) is 11.6 Å². The third-order valence-electron chi connectivity index (χ3n) is 3.11. The summed E-state index contributed by atoms with van der Waals surface area (Å²) in [6.07, 6.45) is 1.75. The van der Waals surface area contributed by atoms with E-state index in [0.717, 1.165) is 28.5 Å². The lowest BCUT2D eigenvalue weighted by molar-refractivity contribution is 0.392. The summed E-state index contributed by atoms with van der Waals surface area (Å²) in [7, 11) is 1.73. The summed E-state index contributed by atoms with van der Waals surface area (Å²) in [4.78, 5) is 12.6. The Morgan fingerprint density at radius 3 is 2.62 bits per heavy atom. The van der Waals surface area contributed by atoms with Crippen LogP contribution >= 0.6 is 0 Å². The van der Waals surface area contributed by atoms with Gasteiger partial charge in [-0.3, -0.25) is 4.99 Å². The third-order valence-corrected chi connectivity index (χ3v) is 3.11. The number of aryl methyl sites for hydroxylation is 3. The van der Waals surface area contributed by atoms with Crippen molar-refractivity contribution in [3.8, 4) is 0 Å². The van der Waals surface area contributed by atoms with E-state index in [1.165, 1.54) is 0 Å². The monoisotopic (exact) mass is 288 g/mol. The van der Waals surface area contributed by atoms with Gasteiger partial charge in [-0.05, 0) is 26.8 Å². The fourth-order valence-corrected chi connectivity index (χ4v) is 1.92. The Hall–Kier alpha value is -2.44. The SMILES string of the molecule is CN=C(NCc1ccnc(C)n1)NCc1c(C)noc1C. The normalized spacial score (nSPS) is 11.5. The largest absolute Gasteiger partial charge is 0.361 e. The fourth-order valence-electron chi connectivity index (χ4n) is 1.92. The number of hydrogen-bond acceptors (Lipinski definition) is 5. The second-order valence-electron chi connectivity index (χ2n) is 4.68. The molecule has 7 nitrogen and oxygen atoms in total. The highest BCUT2D eigenvalue weighted by Gasteiger charge is 2.09. The van der Waals surface area contributed by atoms with Crippen LogP contribution in [-0.4, -0.2) is 28.1 Å². The minimum absolute atomic E-state index is 0.588. The molecule has 0 spiro atoms. The summed E-state index contributed by atoms with van der Waals surface area (Å²) in [5.41, 5.74) is 2.86. The van der Waals surface area contributed by atoms with E-state index in [0.29, 0.717) is 19.0 Å². The van der Waals surface area contributed by atoms with Crippen LogP contribution in [0.2, 0.25) is 0 Å². The number of guanidine groups is 1. The van der Waals surface area contributed by atoms with Crippen molar-refractivity contribution in [3.63, 3.8) is 0 Å². The van der Waals surface area contributed by atoms with E-state index in [4.69, 9.17) is 4.52 Å². The molecule has 2 aromatic heterocycles. The van der Waals surface area contributed by atoms with Crippen molar-refractivity contribution < 1.29 is 4.52 Å². The molecule has 112 valence electrons. The highest BCUT2D eigenvalue weighted by Crippen LogP contribution is 2.11. The fraction of sp³-hybridized carbons (Fsp3) is 0.429. The van der Waals surface area contributed by atoms with E-state index in [2.05, 4.69) is 30.8 Å². The highest BCUT2D eigenvalue weighted by atomic mass is 16.5. The molecule has 0 amide bonds. The minimum Gasteiger partial charge on any atom is -0.361 e. The number of nitrogens with zero attached hydrogens (tertiary/aromatic N) is 4. The van der Waals surface area contributed by atoms with Crippen molar-refractivity contribution in [2.75, 3.05) is 7.05 Å². The summed E-state index contributed by atoms with van der Waals surface area (Å²) in [5, 5.41) is 10.4. The maximum Gasteiger partial charge on any atom is 0.191 e. The van der Waals surface area contributed by atoms with E-state index >= 15 is 0 Å². The topological polar surface area (TPSA) is 88.2 Å². The van der Waals surface area contributed by atoms with Gasteiger partial charge < -0.3 is 15.2 Å². The summed E-state index contributed by atoms with van der Waals surface area (Å²) >= 11 is 0. The smallest absolute Gasteiger partial charge is 0.191 e. The zero-order valence-electron chi connectivity index (χ0n) is 12.8. The standard InChI is InChI=1S/C14H20N6O/c1-9-13(10(2)21-20-9)8-18-14(15-4)17-7-12-5-6-16-11(3)19-12/h5-6H,7-8H2,1-4H3,(H2,15,17,18). The number of aliphatic imine (C=N–C) groups is 1. The molecule has 2 N–H and O–H groups in total. The van der Waals surface area contributed by atoms with E-state index < -0.39 is 0 Å². The maximum atomic E-state index is 5.14. The molecule has 0 aliphatic rings. The number of rotatable bonds is 4. The molecule has 0 atom stereocenters. The van der Waals surface area contributed by atoms with Gasteiger partial charge in [-0.15, -0.1) is 0 Å². The Kier molecular flexibility index (Phi) is 4.86. The van der Waals surface area contributed by atoms with Gasteiger partial charge in [0, 0.05) is 25.4 Å². The molecule has 2 heterocycles. The number of nitrogens with one attached hydrogen (secondary N) is 2. The first-order chi connectivity index (χ1) is 10.1. The van der Waals surface area contributed by atoms with Gasteiger partial charge in [0.05, 0.1) is 17.9 Å². The molecule has 0 aromatic carbocycles. The molecule has 7 heteroatoms. The van der Waals surface area contributed by atoms with Crippen LogP contribution in [0.1, 0.15) is 28.5 Å². The first-order valence-electron chi connectivity index (χ1n) is 6.75. The van der Waals surface area contributed by atoms with Crippen LogP contribution in [0.5, 0.6) is 0 Å². The molecule has 0 saturated heterocycles. The molecular formula is C14H20N6O. The van der Waals surface area contributed by atoms with Gasteiger partial charge in [-0.25, -0.2) is 9.97 Å². The molecule has 21 heavy (non-hydrogen) atoms. The molecule has 0 aliphatic carbocycles. The second kappa shape index (κ2) is 6.83. The average Bonchev–Trinajstić information content (AvgIpc) is 2.79. The first-order valence-corrected chi connectivity index (χ1v) is 6.75. The number of hydrogen-bond donors (Lipinski definition) is 2. The van der Waals surface area contributed by atoms with E-state index in [-0.39, 0.29) is 0 Å². The highest BCUT2D eigenvalue weighted by molar-refractivity contribution is 5.79.